The molecule has 0 amide bonds. The lowest BCUT2D eigenvalue weighted by molar-refractivity contribution is -0.123. The zero-order valence-electron chi connectivity index (χ0n) is 14.0. The summed E-state index contributed by atoms with van der Waals surface area (Å²) in [6.07, 6.45) is 9.52. The number of hydrogen-bond acceptors (Lipinski definition) is 3. The Balaban J connectivity index is 1.78. The van der Waals surface area contributed by atoms with E-state index < -0.39 is 0 Å². The third-order valence-corrected chi connectivity index (χ3v) is 6.85. The van der Waals surface area contributed by atoms with Crippen LogP contribution in [0.5, 0.6) is 0 Å². The van der Waals surface area contributed by atoms with Gasteiger partial charge in [0.05, 0.1) is 6.10 Å². The molecular formula is C17H33NOS. The number of nitrogens with one attached hydrogen (secondary N) is 1. The first-order chi connectivity index (χ1) is 9.39. The van der Waals surface area contributed by atoms with Crippen LogP contribution in [0.3, 0.4) is 0 Å². The predicted octanol–water partition coefficient (Wildman–Crippen LogP) is 4.09. The third kappa shape index (κ3) is 3.53. The van der Waals surface area contributed by atoms with Gasteiger partial charge >= 0.3 is 0 Å². The summed E-state index contributed by atoms with van der Waals surface area (Å²) >= 11 is 2.08. The first-order valence-corrected chi connectivity index (χ1v) is 9.52. The minimum atomic E-state index is 0.285. The molecular weight excluding hydrogens is 266 g/mol. The molecule has 3 heteroatoms. The SMILES string of the molecule is CSC1(CNC2CC(OCC(C)C)C2(C)C)CCCC1. The fraction of sp³-hybridized carbons (Fsp3) is 1.00. The summed E-state index contributed by atoms with van der Waals surface area (Å²) < 4.78 is 6.58. The van der Waals surface area contributed by atoms with Gasteiger partial charge < -0.3 is 10.1 Å². The average Bonchev–Trinajstić information content (AvgIpc) is 2.86. The second-order valence-corrected chi connectivity index (χ2v) is 9.07. The Kier molecular flexibility index (Phi) is 5.47. The highest BCUT2D eigenvalue weighted by Gasteiger charge is 2.49. The topological polar surface area (TPSA) is 21.3 Å². The van der Waals surface area contributed by atoms with Crippen LogP contribution in [0.1, 0.15) is 59.8 Å². The number of rotatable bonds is 7. The Hall–Kier alpha value is 0.270. The van der Waals surface area contributed by atoms with Crippen LogP contribution in [0.2, 0.25) is 0 Å². The maximum atomic E-state index is 6.06. The van der Waals surface area contributed by atoms with Crippen LogP contribution in [-0.2, 0) is 4.74 Å². The molecule has 0 radical (unpaired) electrons. The molecule has 0 aromatic heterocycles. The van der Waals surface area contributed by atoms with Crippen molar-refractivity contribution in [3.8, 4) is 0 Å². The van der Waals surface area contributed by atoms with Crippen molar-refractivity contribution in [2.75, 3.05) is 19.4 Å². The second kappa shape index (κ2) is 6.58. The molecule has 0 bridgehead atoms. The molecule has 2 unspecified atom stereocenters. The smallest absolute Gasteiger partial charge is 0.0656 e. The van der Waals surface area contributed by atoms with Crippen molar-refractivity contribution in [3.05, 3.63) is 0 Å². The molecule has 2 aliphatic carbocycles. The van der Waals surface area contributed by atoms with Crippen molar-refractivity contribution >= 4 is 11.8 Å². The lowest BCUT2D eigenvalue weighted by atomic mass is 9.64. The summed E-state index contributed by atoms with van der Waals surface area (Å²) in [6, 6.07) is 0.629. The van der Waals surface area contributed by atoms with Gasteiger partial charge in [0.1, 0.15) is 0 Å². The Morgan fingerprint density at radius 1 is 1.25 bits per heavy atom. The Labute approximate surface area is 129 Å². The second-order valence-electron chi connectivity index (χ2n) is 7.80. The summed E-state index contributed by atoms with van der Waals surface area (Å²) in [5, 5.41) is 3.86. The summed E-state index contributed by atoms with van der Waals surface area (Å²) in [6.45, 7) is 11.3. The first-order valence-electron chi connectivity index (χ1n) is 8.30. The van der Waals surface area contributed by atoms with Crippen LogP contribution in [0.4, 0.5) is 0 Å². The van der Waals surface area contributed by atoms with Crippen LogP contribution in [-0.4, -0.2) is 36.3 Å². The largest absolute Gasteiger partial charge is 0.377 e. The van der Waals surface area contributed by atoms with Gasteiger partial charge in [0.15, 0.2) is 0 Å². The molecule has 0 saturated heterocycles. The van der Waals surface area contributed by atoms with Crippen molar-refractivity contribution in [2.24, 2.45) is 11.3 Å². The normalized spacial score (nSPS) is 31.5. The summed E-state index contributed by atoms with van der Waals surface area (Å²) in [5.74, 6) is 0.635. The monoisotopic (exact) mass is 299 g/mol. The summed E-state index contributed by atoms with van der Waals surface area (Å²) in [4.78, 5) is 0. The van der Waals surface area contributed by atoms with E-state index in [-0.39, 0.29) is 5.41 Å². The van der Waals surface area contributed by atoms with E-state index in [0.717, 1.165) is 6.61 Å². The molecule has 0 aliphatic heterocycles. The van der Waals surface area contributed by atoms with Crippen molar-refractivity contribution < 1.29 is 4.74 Å². The fourth-order valence-corrected chi connectivity index (χ4v) is 4.53. The molecule has 2 aliphatic rings. The zero-order chi connectivity index (χ0) is 14.8. The molecule has 2 rings (SSSR count). The van der Waals surface area contributed by atoms with E-state index in [9.17, 15) is 0 Å². The van der Waals surface area contributed by atoms with Gasteiger partial charge in [0.2, 0.25) is 0 Å². The van der Waals surface area contributed by atoms with Crippen molar-refractivity contribution in [2.45, 2.75) is 76.7 Å². The third-order valence-electron chi connectivity index (χ3n) is 5.43. The van der Waals surface area contributed by atoms with E-state index in [1.807, 2.05) is 0 Å². The molecule has 0 spiro atoms. The molecule has 2 saturated carbocycles. The van der Waals surface area contributed by atoms with Gasteiger partial charge in [-0.1, -0.05) is 40.5 Å². The van der Waals surface area contributed by atoms with Gasteiger partial charge in [-0.25, -0.2) is 0 Å². The number of ether oxygens (including phenoxy) is 1. The Morgan fingerprint density at radius 3 is 2.40 bits per heavy atom. The van der Waals surface area contributed by atoms with Gasteiger partial charge in [0.25, 0.3) is 0 Å². The Bertz CT molecular complexity index is 310. The maximum Gasteiger partial charge on any atom is 0.0656 e. The summed E-state index contributed by atoms with van der Waals surface area (Å²) in [5.41, 5.74) is 0.285. The van der Waals surface area contributed by atoms with E-state index in [4.69, 9.17) is 4.74 Å². The quantitative estimate of drug-likeness (QED) is 0.765. The molecule has 2 atom stereocenters. The number of thioether (sulfide) groups is 1. The van der Waals surface area contributed by atoms with Crippen LogP contribution in [0, 0.1) is 11.3 Å². The van der Waals surface area contributed by atoms with Crippen molar-refractivity contribution in [3.63, 3.8) is 0 Å². The molecule has 2 fully saturated rings. The molecule has 2 nitrogen and oxygen atoms in total. The van der Waals surface area contributed by atoms with E-state index in [1.54, 1.807) is 0 Å². The van der Waals surface area contributed by atoms with E-state index >= 15 is 0 Å². The van der Waals surface area contributed by atoms with Crippen LogP contribution < -0.4 is 5.32 Å². The first kappa shape index (κ1) is 16.6. The zero-order valence-corrected chi connectivity index (χ0v) is 14.8. The van der Waals surface area contributed by atoms with Crippen LogP contribution in [0.15, 0.2) is 0 Å². The molecule has 118 valence electrons. The Morgan fingerprint density at radius 2 is 1.90 bits per heavy atom. The molecule has 20 heavy (non-hydrogen) atoms. The van der Waals surface area contributed by atoms with Crippen molar-refractivity contribution in [1.82, 2.24) is 5.32 Å². The lowest BCUT2D eigenvalue weighted by Crippen LogP contribution is -2.62. The lowest BCUT2D eigenvalue weighted by Gasteiger charge is -2.53. The van der Waals surface area contributed by atoms with E-state index in [1.165, 1.54) is 38.6 Å². The van der Waals surface area contributed by atoms with Crippen molar-refractivity contribution in [1.29, 1.82) is 0 Å². The van der Waals surface area contributed by atoms with Gasteiger partial charge in [-0.05, 0) is 31.4 Å². The van der Waals surface area contributed by atoms with Crippen LogP contribution in [0.25, 0.3) is 0 Å². The predicted molar refractivity (Wildman–Crippen MR) is 89.5 cm³/mol. The highest BCUT2D eigenvalue weighted by Crippen LogP contribution is 2.45. The van der Waals surface area contributed by atoms with E-state index in [2.05, 4.69) is 51.0 Å². The highest BCUT2D eigenvalue weighted by atomic mass is 32.2. The minimum absolute atomic E-state index is 0.285. The average molecular weight is 300 g/mol. The molecule has 1 N–H and O–H groups in total. The van der Waals surface area contributed by atoms with Gasteiger partial charge in [-0.2, -0.15) is 11.8 Å². The number of hydrogen-bond donors (Lipinski definition) is 1. The molecule has 0 aromatic carbocycles. The minimum Gasteiger partial charge on any atom is -0.377 e. The summed E-state index contributed by atoms with van der Waals surface area (Å²) in [7, 11) is 0. The molecule has 0 heterocycles. The highest BCUT2D eigenvalue weighted by molar-refractivity contribution is 8.00. The fourth-order valence-electron chi connectivity index (χ4n) is 3.60. The van der Waals surface area contributed by atoms with Gasteiger partial charge in [0, 0.05) is 29.4 Å². The standard InChI is InChI=1S/C17H33NOS/c1-13(2)11-19-15-10-14(16(15,3)4)18-12-17(20-5)8-6-7-9-17/h13-15,18H,6-12H2,1-5H3. The van der Waals surface area contributed by atoms with E-state index in [0.29, 0.717) is 22.8 Å². The maximum absolute atomic E-state index is 6.06. The molecule has 0 aromatic rings. The van der Waals surface area contributed by atoms with Gasteiger partial charge in [-0.3, -0.25) is 0 Å². The van der Waals surface area contributed by atoms with Gasteiger partial charge in [-0.15, -0.1) is 0 Å². The van der Waals surface area contributed by atoms with Crippen LogP contribution >= 0.6 is 11.8 Å².